The molecule has 0 aliphatic heterocycles. The van der Waals surface area contributed by atoms with E-state index >= 15 is 0 Å². The zero-order valence-corrected chi connectivity index (χ0v) is 26.2. The number of carbonyl (C=O) groups is 2. The van der Waals surface area contributed by atoms with Crippen molar-refractivity contribution in [1.29, 1.82) is 0 Å². The minimum absolute atomic E-state index is 0.330. The Morgan fingerprint density at radius 2 is 0.938 bits per heavy atom. The molecular weight excluding hydrogens is 600 g/mol. The van der Waals surface area contributed by atoms with E-state index in [-0.39, 0.29) is 11.8 Å². The first-order valence-electron chi connectivity index (χ1n) is 15.3. The number of aromatic nitrogens is 2. The molecule has 0 fully saturated rings. The number of amides is 2. The van der Waals surface area contributed by atoms with Gasteiger partial charge in [0.15, 0.2) is 0 Å². The van der Waals surface area contributed by atoms with Gasteiger partial charge < -0.3 is 20.1 Å². The van der Waals surface area contributed by atoms with Crippen LogP contribution in [0.4, 0.5) is 11.4 Å². The van der Waals surface area contributed by atoms with E-state index in [2.05, 4.69) is 10.6 Å². The number of anilines is 2. The highest BCUT2D eigenvalue weighted by atomic mass is 16.5. The molecule has 0 saturated carbocycles. The molecule has 2 heterocycles. The Hall–Kier alpha value is -6.54. The van der Waals surface area contributed by atoms with Crippen molar-refractivity contribution in [3.8, 4) is 34.0 Å². The van der Waals surface area contributed by atoms with Gasteiger partial charge in [0.25, 0.3) is 11.8 Å². The molecule has 2 aromatic heterocycles. The van der Waals surface area contributed by atoms with E-state index in [0.717, 1.165) is 11.1 Å². The van der Waals surface area contributed by atoms with Crippen LogP contribution in [0.15, 0.2) is 133 Å². The van der Waals surface area contributed by atoms with Gasteiger partial charge in [-0.25, -0.2) is 9.97 Å². The molecule has 2 amide bonds. The van der Waals surface area contributed by atoms with E-state index in [1.165, 1.54) is 0 Å². The van der Waals surface area contributed by atoms with Gasteiger partial charge in [0, 0.05) is 45.4 Å². The van der Waals surface area contributed by atoms with Crippen molar-refractivity contribution in [2.24, 2.45) is 0 Å². The quantitative estimate of drug-likeness (QED) is 0.163. The van der Waals surface area contributed by atoms with Crippen molar-refractivity contribution >= 4 is 45.0 Å². The SMILES string of the molecule is COc1cccc(NC(=O)c2cc(-c3ccccc3)nc3cc4nc(-c5ccccc5)cc(C(=O)Nc5cccc(OC)c5)c4cc23)c1. The van der Waals surface area contributed by atoms with Crippen LogP contribution in [0.5, 0.6) is 11.5 Å². The third kappa shape index (κ3) is 6.15. The van der Waals surface area contributed by atoms with Gasteiger partial charge in [-0.2, -0.15) is 0 Å². The number of benzene rings is 5. The van der Waals surface area contributed by atoms with Gasteiger partial charge in [0.1, 0.15) is 11.5 Å². The average Bonchev–Trinajstić information content (AvgIpc) is 3.13. The standard InChI is InChI=1S/C40H30N4O4/c1-47-29-17-9-15-27(19-29)41-39(45)33-22-35(25-11-5-3-6-12-25)43-37-24-38-32(21-31(33)37)34(23-36(44-38)26-13-7-4-8-14-26)40(46)42-28-16-10-18-30(20-28)48-2/h3-24H,1-2H3,(H,41,45)(H,42,46). The third-order valence-corrected chi connectivity index (χ3v) is 8.02. The second-order valence-electron chi connectivity index (χ2n) is 11.1. The highest BCUT2D eigenvalue weighted by Gasteiger charge is 2.20. The number of nitrogens with one attached hydrogen (secondary N) is 2. The van der Waals surface area contributed by atoms with E-state index < -0.39 is 0 Å². The molecule has 0 aliphatic rings. The number of fused-ring (bicyclic) bond motifs is 2. The summed E-state index contributed by atoms with van der Waals surface area (Å²) in [6, 6.07) is 41.0. The summed E-state index contributed by atoms with van der Waals surface area (Å²) < 4.78 is 10.7. The summed E-state index contributed by atoms with van der Waals surface area (Å²) in [7, 11) is 3.15. The first-order chi connectivity index (χ1) is 23.5. The number of hydrogen-bond donors (Lipinski definition) is 2. The summed E-state index contributed by atoms with van der Waals surface area (Å²) in [5.41, 5.74) is 6.08. The molecule has 0 spiro atoms. The molecule has 234 valence electrons. The fourth-order valence-electron chi connectivity index (χ4n) is 5.63. The Morgan fingerprint density at radius 3 is 1.35 bits per heavy atom. The van der Waals surface area contributed by atoms with E-state index in [9.17, 15) is 9.59 Å². The predicted octanol–water partition coefficient (Wildman–Crippen LogP) is 8.64. The van der Waals surface area contributed by atoms with Crippen LogP contribution in [0, 0.1) is 0 Å². The molecule has 48 heavy (non-hydrogen) atoms. The maximum Gasteiger partial charge on any atom is 0.256 e. The molecule has 8 heteroatoms. The largest absolute Gasteiger partial charge is 0.497 e. The lowest BCUT2D eigenvalue weighted by Crippen LogP contribution is -2.14. The predicted molar refractivity (Wildman–Crippen MR) is 190 cm³/mol. The van der Waals surface area contributed by atoms with Crippen molar-refractivity contribution in [1.82, 2.24) is 9.97 Å². The van der Waals surface area contributed by atoms with Crippen molar-refractivity contribution in [3.63, 3.8) is 0 Å². The highest BCUT2D eigenvalue weighted by Crippen LogP contribution is 2.33. The van der Waals surface area contributed by atoms with Gasteiger partial charge in [-0.15, -0.1) is 0 Å². The van der Waals surface area contributed by atoms with Crippen LogP contribution in [0.1, 0.15) is 20.7 Å². The van der Waals surface area contributed by atoms with Crippen LogP contribution in [0.2, 0.25) is 0 Å². The van der Waals surface area contributed by atoms with Crippen LogP contribution >= 0.6 is 0 Å². The van der Waals surface area contributed by atoms with Gasteiger partial charge in [-0.3, -0.25) is 9.59 Å². The monoisotopic (exact) mass is 630 g/mol. The number of methoxy groups -OCH3 is 2. The fourth-order valence-corrected chi connectivity index (χ4v) is 5.63. The van der Waals surface area contributed by atoms with Gasteiger partial charge >= 0.3 is 0 Å². The molecule has 8 nitrogen and oxygen atoms in total. The lowest BCUT2D eigenvalue weighted by atomic mass is 9.98. The van der Waals surface area contributed by atoms with E-state index in [4.69, 9.17) is 19.4 Å². The highest BCUT2D eigenvalue weighted by molar-refractivity contribution is 6.18. The molecule has 7 rings (SSSR count). The van der Waals surface area contributed by atoms with Gasteiger partial charge in [0.2, 0.25) is 0 Å². The summed E-state index contributed by atoms with van der Waals surface area (Å²) in [5.74, 6) is 0.581. The molecule has 0 aliphatic carbocycles. The Morgan fingerprint density at radius 1 is 0.500 bits per heavy atom. The second kappa shape index (κ2) is 13.1. The summed E-state index contributed by atoms with van der Waals surface area (Å²) in [6.45, 7) is 0. The van der Waals surface area contributed by atoms with Gasteiger partial charge in [0.05, 0.1) is 47.8 Å². The lowest BCUT2D eigenvalue weighted by Gasteiger charge is -2.15. The van der Waals surface area contributed by atoms with Gasteiger partial charge in [-0.1, -0.05) is 72.8 Å². The van der Waals surface area contributed by atoms with E-state index in [1.54, 1.807) is 50.6 Å². The molecule has 0 saturated heterocycles. The number of hydrogen-bond acceptors (Lipinski definition) is 6. The molecule has 7 aromatic rings. The Balaban J connectivity index is 1.43. The Bertz CT molecular complexity index is 2150. The first kappa shape index (κ1) is 30.1. The molecule has 0 atom stereocenters. The number of pyridine rings is 2. The minimum Gasteiger partial charge on any atom is -0.497 e. The van der Waals surface area contributed by atoms with Crippen LogP contribution in [-0.4, -0.2) is 36.0 Å². The minimum atomic E-state index is -0.330. The molecule has 0 radical (unpaired) electrons. The zero-order valence-electron chi connectivity index (χ0n) is 26.2. The molecule has 2 N–H and O–H groups in total. The van der Waals surface area contributed by atoms with Crippen LogP contribution in [-0.2, 0) is 0 Å². The van der Waals surface area contributed by atoms with E-state index in [0.29, 0.717) is 67.2 Å². The molecular formula is C40H30N4O4. The Kier molecular flexibility index (Phi) is 8.20. The second-order valence-corrected chi connectivity index (χ2v) is 11.1. The average molecular weight is 631 g/mol. The van der Waals surface area contributed by atoms with Crippen molar-refractivity contribution in [2.45, 2.75) is 0 Å². The summed E-state index contributed by atoms with van der Waals surface area (Å²) in [6.07, 6.45) is 0. The van der Waals surface area contributed by atoms with Crippen LogP contribution < -0.4 is 20.1 Å². The normalized spacial score (nSPS) is 10.9. The smallest absolute Gasteiger partial charge is 0.256 e. The summed E-state index contributed by atoms with van der Waals surface area (Å²) in [5, 5.41) is 7.17. The number of nitrogens with zero attached hydrogens (tertiary/aromatic N) is 2. The summed E-state index contributed by atoms with van der Waals surface area (Å²) >= 11 is 0. The van der Waals surface area contributed by atoms with Crippen LogP contribution in [0.25, 0.3) is 44.3 Å². The number of rotatable bonds is 8. The van der Waals surface area contributed by atoms with Crippen molar-refractivity contribution in [3.05, 3.63) is 145 Å². The molecule has 0 bridgehead atoms. The number of carbonyl (C=O) groups excluding carboxylic acids is 2. The van der Waals surface area contributed by atoms with Crippen LogP contribution in [0.3, 0.4) is 0 Å². The lowest BCUT2D eigenvalue weighted by molar-refractivity contribution is 0.102. The Labute approximate surface area is 277 Å². The topological polar surface area (TPSA) is 102 Å². The fraction of sp³-hybridized carbons (Fsp3) is 0.0500. The van der Waals surface area contributed by atoms with Gasteiger partial charge in [-0.05, 0) is 48.5 Å². The van der Waals surface area contributed by atoms with Crippen molar-refractivity contribution < 1.29 is 19.1 Å². The first-order valence-corrected chi connectivity index (χ1v) is 15.3. The van der Waals surface area contributed by atoms with Crippen molar-refractivity contribution in [2.75, 3.05) is 24.9 Å². The summed E-state index contributed by atoms with van der Waals surface area (Å²) in [4.78, 5) is 38.0. The molecule has 5 aromatic carbocycles. The maximum atomic E-state index is 14.0. The third-order valence-electron chi connectivity index (χ3n) is 8.02. The molecule has 0 unspecified atom stereocenters. The zero-order chi connectivity index (χ0) is 33.0. The number of ether oxygens (including phenoxy) is 2. The van der Waals surface area contributed by atoms with E-state index in [1.807, 2.05) is 97.1 Å². The maximum absolute atomic E-state index is 14.0.